The fourth-order valence-corrected chi connectivity index (χ4v) is 1.96. The van der Waals surface area contributed by atoms with Crippen molar-refractivity contribution in [3.8, 4) is 11.5 Å². The van der Waals surface area contributed by atoms with Crippen LogP contribution in [0.3, 0.4) is 0 Å². The Morgan fingerprint density at radius 3 is 2.52 bits per heavy atom. The molecule has 1 N–H and O–H groups in total. The molecule has 0 fully saturated rings. The number of benzene rings is 1. The number of pyridine rings is 1. The summed E-state index contributed by atoms with van der Waals surface area (Å²) in [5, 5.41) is 2.90. The summed E-state index contributed by atoms with van der Waals surface area (Å²) in [6, 6.07) is 10.5. The van der Waals surface area contributed by atoms with Gasteiger partial charge in [0.15, 0.2) is 11.5 Å². The molecule has 1 heterocycles. The van der Waals surface area contributed by atoms with Crippen LogP contribution in [0.1, 0.15) is 29.0 Å². The van der Waals surface area contributed by atoms with Crippen molar-refractivity contribution >= 4 is 5.91 Å². The lowest BCUT2D eigenvalue weighted by atomic mass is 10.1. The molecule has 1 unspecified atom stereocenters. The van der Waals surface area contributed by atoms with E-state index in [0.29, 0.717) is 17.1 Å². The second kappa shape index (κ2) is 6.74. The summed E-state index contributed by atoms with van der Waals surface area (Å²) in [6.45, 7) is 1.89. The lowest BCUT2D eigenvalue weighted by Gasteiger charge is -2.14. The number of ether oxygens (including phenoxy) is 2. The van der Waals surface area contributed by atoms with Crippen LogP contribution in [0.5, 0.6) is 11.5 Å². The van der Waals surface area contributed by atoms with Gasteiger partial charge in [-0.15, -0.1) is 0 Å². The van der Waals surface area contributed by atoms with Crippen molar-refractivity contribution in [2.24, 2.45) is 0 Å². The highest BCUT2D eigenvalue weighted by Crippen LogP contribution is 2.27. The van der Waals surface area contributed by atoms with Crippen LogP contribution in [0.4, 0.5) is 0 Å². The first-order valence-corrected chi connectivity index (χ1v) is 6.59. The normalized spacial score (nSPS) is 11.6. The number of nitrogens with one attached hydrogen (secondary N) is 1. The number of methoxy groups -OCH3 is 2. The monoisotopic (exact) mass is 286 g/mol. The average Bonchev–Trinajstić information content (AvgIpc) is 2.54. The molecule has 0 saturated heterocycles. The lowest BCUT2D eigenvalue weighted by Crippen LogP contribution is -2.27. The Kier molecular flexibility index (Phi) is 4.77. The molecular weight excluding hydrogens is 268 g/mol. The van der Waals surface area contributed by atoms with Crippen molar-refractivity contribution in [2.45, 2.75) is 13.0 Å². The van der Waals surface area contributed by atoms with Crippen molar-refractivity contribution < 1.29 is 14.3 Å². The molecule has 1 aromatic heterocycles. The molecule has 0 radical (unpaired) electrons. The van der Waals surface area contributed by atoms with Gasteiger partial charge in [0, 0.05) is 11.8 Å². The first kappa shape index (κ1) is 14.8. The fraction of sp³-hybridized carbons (Fsp3) is 0.250. The molecule has 2 aromatic rings. The predicted molar refractivity (Wildman–Crippen MR) is 79.7 cm³/mol. The number of nitrogens with zero attached hydrogens (tertiary/aromatic N) is 1. The average molecular weight is 286 g/mol. The van der Waals surface area contributed by atoms with E-state index in [0.717, 1.165) is 5.69 Å². The zero-order valence-corrected chi connectivity index (χ0v) is 12.3. The van der Waals surface area contributed by atoms with Crippen LogP contribution in [-0.2, 0) is 0 Å². The van der Waals surface area contributed by atoms with Crippen LogP contribution in [0.2, 0.25) is 0 Å². The van der Waals surface area contributed by atoms with Gasteiger partial charge in [-0.2, -0.15) is 0 Å². The molecule has 1 aromatic carbocycles. The minimum Gasteiger partial charge on any atom is -0.493 e. The van der Waals surface area contributed by atoms with Crippen LogP contribution in [-0.4, -0.2) is 25.1 Å². The summed E-state index contributed by atoms with van der Waals surface area (Å²) in [6.07, 6.45) is 1.70. The van der Waals surface area contributed by atoms with Crippen LogP contribution < -0.4 is 14.8 Å². The van der Waals surface area contributed by atoms with Crippen LogP contribution >= 0.6 is 0 Å². The van der Waals surface area contributed by atoms with Gasteiger partial charge < -0.3 is 14.8 Å². The summed E-state index contributed by atoms with van der Waals surface area (Å²) < 4.78 is 10.4. The van der Waals surface area contributed by atoms with Crippen molar-refractivity contribution in [1.82, 2.24) is 10.3 Å². The van der Waals surface area contributed by atoms with E-state index in [4.69, 9.17) is 9.47 Å². The molecule has 0 aliphatic heterocycles. The van der Waals surface area contributed by atoms with Crippen LogP contribution in [0, 0.1) is 0 Å². The molecule has 0 aliphatic rings. The second-order valence-corrected chi connectivity index (χ2v) is 4.52. The van der Waals surface area contributed by atoms with Gasteiger partial charge >= 0.3 is 0 Å². The Bertz CT molecular complexity index is 614. The minimum absolute atomic E-state index is 0.174. The quantitative estimate of drug-likeness (QED) is 0.917. The summed E-state index contributed by atoms with van der Waals surface area (Å²) in [7, 11) is 3.09. The molecule has 2 rings (SSSR count). The van der Waals surface area contributed by atoms with E-state index in [1.165, 1.54) is 7.11 Å². The SMILES string of the molecule is COc1ccc(C(=O)NC(C)c2ccccn2)cc1OC. The Hall–Kier alpha value is -2.56. The van der Waals surface area contributed by atoms with Gasteiger partial charge in [0.2, 0.25) is 0 Å². The fourth-order valence-electron chi connectivity index (χ4n) is 1.96. The van der Waals surface area contributed by atoms with E-state index < -0.39 is 0 Å². The third kappa shape index (κ3) is 3.51. The van der Waals surface area contributed by atoms with Gasteiger partial charge in [-0.3, -0.25) is 9.78 Å². The van der Waals surface area contributed by atoms with Crippen molar-refractivity contribution in [2.75, 3.05) is 14.2 Å². The van der Waals surface area contributed by atoms with Gasteiger partial charge in [-0.25, -0.2) is 0 Å². The molecule has 0 aliphatic carbocycles. The van der Waals surface area contributed by atoms with Gasteiger partial charge in [0.05, 0.1) is 26.0 Å². The molecule has 21 heavy (non-hydrogen) atoms. The number of carbonyl (C=O) groups is 1. The molecule has 0 bridgehead atoms. The Labute approximate surface area is 123 Å². The molecule has 1 amide bonds. The molecule has 0 saturated carbocycles. The Morgan fingerprint density at radius 2 is 1.90 bits per heavy atom. The smallest absolute Gasteiger partial charge is 0.251 e. The first-order chi connectivity index (χ1) is 10.2. The van der Waals surface area contributed by atoms with Gasteiger partial charge in [-0.05, 0) is 37.3 Å². The number of carbonyl (C=O) groups excluding carboxylic acids is 1. The largest absolute Gasteiger partial charge is 0.493 e. The lowest BCUT2D eigenvalue weighted by molar-refractivity contribution is 0.0938. The number of amides is 1. The van der Waals surface area contributed by atoms with Gasteiger partial charge in [0.25, 0.3) is 5.91 Å². The highest BCUT2D eigenvalue weighted by molar-refractivity contribution is 5.95. The van der Waals surface area contributed by atoms with Crippen molar-refractivity contribution in [3.05, 3.63) is 53.9 Å². The zero-order chi connectivity index (χ0) is 15.2. The maximum Gasteiger partial charge on any atom is 0.251 e. The van der Waals surface area contributed by atoms with E-state index in [1.54, 1.807) is 31.5 Å². The molecule has 5 nitrogen and oxygen atoms in total. The van der Waals surface area contributed by atoms with E-state index in [1.807, 2.05) is 25.1 Å². The second-order valence-electron chi connectivity index (χ2n) is 4.52. The van der Waals surface area contributed by atoms with Crippen molar-refractivity contribution in [1.29, 1.82) is 0 Å². The standard InChI is InChI=1S/C16H18N2O3/c1-11(13-6-4-5-9-17-13)18-16(19)12-7-8-14(20-2)15(10-12)21-3/h4-11H,1-3H3,(H,18,19). The van der Waals surface area contributed by atoms with Crippen LogP contribution in [0.15, 0.2) is 42.6 Å². The summed E-state index contributed by atoms with van der Waals surface area (Å²) in [5.74, 6) is 0.927. The maximum atomic E-state index is 12.3. The third-order valence-corrected chi connectivity index (χ3v) is 3.12. The molecular formula is C16H18N2O3. The highest BCUT2D eigenvalue weighted by atomic mass is 16.5. The van der Waals surface area contributed by atoms with Gasteiger partial charge in [0.1, 0.15) is 0 Å². The number of rotatable bonds is 5. The summed E-state index contributed by atoms with van der Waals surface area (Å²) in [5.41, 5.74) is 1.32. The number of hydrogen-bond donors (Lipinski definition) is 1. The molecule has 5 heteroatoms. The van der Waals surface area contributed by atoms with Gasteiger partial charge in [-0.1, -0.05) is 6.07 Å². The predicted octanol–water partition coefficient (Wildman–Crippen LogP) is 2.59. The topological polar surface area (TPSA) is 60.5 Å². The van der Waals surface area contributed by atoms with E-state index in [9.17, 15) is 4.79 Å². The molecule has 1 atom stereocenters. The molecule has 0 spiro atoms. The zero-order valence-electron chi connectivity index (χ0n) is 12.3. The third-order valence-electron chi connectivity index (χ3n) is 3.12. The van der Waals surface area contributed by atoms with E-state index in [-0.39, 0.29) is 11.9 Å². The Balaban J connectivity index is 2.13. The molecule has 110 valence electrons. The summed E-state index contributed by atoms with van der Waals surface area (Å²) in [4.78, 5) is 16.5. The van der Waals surface area contributed by atoms with Crippen molar-refractivity contribution in [3.63, 3.8) is 0 Å². The first-order valence-electron chi connectivity index (χ1n) is 6.59. The minimum atomic E-state index is -0.186. The number of aromatic nitrogens is 1. The van der Waals surface area contributed by atoms with E-state index in [2.05, 4.69) is 10.3 Å². The van der Waals surface area contributed by atoms with Crippen LogP contribution in [0.25, 0.3) is 0 Å². The maximum absolute atomic E-state index is 12.3. The van der Waals surface area contributed by atoms with E-state index >= 15 is 0 Å². The highest BCUT2D eigenvalue weighted by Gasteiger charge is 2.14. The Morgan fingerprint density at radius 1 is 1.14 bits per heavy atom. The summed E-state index contributed by atoms with van der Waals surface area (Å²) >= 11 is 0. The number of hydrogen-bond acceptors (Lipinski definition) is 4.